The molecule has 0 unspecified atom stereocenters. The number of benzene rings is 2. The Balaban J connectivity index is 1.31. The fraction of sp³-hybridized carbons (Fsp3) is 0.217. The van der Waals surface area contributed by atoms with E-state index in [0.717, 1.165) is 27.8 Å². The SMILES string of the molecule is Cc1cc(C)n(-c2cc(NCCNC(=O)Nc3ccc4ccccc4c3)nc(C)n2)n1. The number of hydrogen-bond donors (Lipinski definition) is 3. The van der Waals surface area contributed by atoms with Crippen LogP contribution in [0.3, 0.4) is 0 Å². The minimum atomic E-state index is -0.251. The lowest BCUT2D eigenvalue weighted by atomic mass is 10.1. The highest BCUT2D eigenvalue weighted by Gasteiger charge is 2.08. The van der Waals surface area contributed by atoms with Gasteiger partial charge in [-0.25, -0.2) is 19.4 Å². The van der Waals surface area contributed by atoms with Gasteiger partial charge in [-0.05, 0) is 49.7 Å². The van der Waals surface area contributed by atoms with Crippen LogP contribution in [0, 0.1) is 20.8 Å². The standard InChI is InChI=1S/C23H25N7O/c1-15-12-16(2)30(29-15)22-14-21(26-17(3)27-22)24-10-11-25-23(31)28-20-9-8-18-6-4-5-7-19(18)13-20/h4-9,12-14H,10-11H2,1-3H3,(H,24,26,27)(H2,25,28,31). The van der Waals surface area contributed by atoms with Crippen molar-refractivity contribution in [2.75, 3.05) is 23.7 Å². The Hall–Kier alpha value is -3.94. The highest BCUT2D eigenvalue weighted by atomic mass is 16.2. The number of urea groups is 1. The molecule has 3 N–H and O–H groups in total. The molecule has 0 fully saturated rings. The first-order valence-electron chi connectivity index (χ1n) is 10.1. The lowest BCUT2D eigenvalue weighted by Crippen LogP contribution is -2.32. The molecular formula is C23H25N7O. The summed E-state index contributed by atoms with van der Waals surface area (Å²) in [6.07, 6.45) is 0. The first-order valence-corrected chi connectivity index (χ1v) is 10.1. The van der Waals surface area contributed by atoms with Gasteiger partial charge in [0.1, 0.15) is 11.6 Å². The number of fused-ring (bicyclic) bond motifs is 1. The second kappa shape index (κ2) is 8.83. The van der Waals surface area contributed by atoms with Crippen LogP contribution in [0.25, 0.3) is 16.6 Å². The van der Waals surface area contributed by atoms with Crippen molar-refractivity contribution in [3.05, 3.63) is 71.8 Å². The van der Waals surface area contributed by atoms with E-state index in [1.54, 1.807) is 4.68 Å². The largest absolute Gasteiger partial charge is 0.368 e. The van der Waals surface area contributed by atoms with Gasteiger partial charge in [0.05, 0.1) is 5.69 Å². The molecule has 0 aliphatic heterocycles. The maximum Gasteiger partial charge on any atom is 0.319 e. The molecule has 8 nitrogen and oxygen atoms in total. The number of hydrogen-bond acceptors (Lipinski definition) is 5. The van der Waals surface area contributed by atoms with Gasteiger partial charge < -0.3 is 16.0 Å². The Morgan fingerprint density at radius 3 is 2.52 bits per heavy atom. The second-order valence-corrected chi connectivity index (χ2v) is 7.37. The molecule has 0 aliphatic rings. The Labute approximate surface area is 180 Å². The number of nitrogens with zero attached hydrogens (tertiary/aromatic N) is 4. The number of carbonyl (C=O) groups is 1. The van der Waals surface area contributed by atoms with Crippen molar-refractivity contribution < 1.29 is 4.79 Å². The topological polar surface area (TPSA) is 96.8 Å². The van der Waals surface area contributed by atoms with Crippen LogP contribution in [0.4, 0.5) is 16.3 Å². The number of nitrogens with one attached hydrogen (secondary N) is 3. The Kier molecular flexibility index (Phi) is 5.79. The molecule has 0 aliphatic carbocycles. The van der Waals surface area contributed by atoms with E-state index >= 15 is 0 Å². The summed E-state index contributed by atoms with van der Waals surface area (Å²) in [5.74, 6) is 2.05. The predicted molar refractivity (Wildman–Crippen MR) is 123 cm³/mol. The summed E-state index contributed by atoms with van der Waals surface area (Å²) in [6, 6.07) is 17.5. The first-order chi connectivity index (χ1) is 15.0. The Bertz CT molecular complexity index is 1230. The van der Waals surface area contributed by atoms with E-state index in [1.807, 2.05) is 75.4 Å². The second-order valence-electron chi connectivity index (χ2n) is 7.37. The molecule has 0 saturated heterocycles. The van der Waals surface area contributed by atoms with E-state index in [4.69, 9.17) is 0 Å². The molecule has 2 aromatic heterocycles. The van der Waals surface area contributed by atoms with Crippen LogP contribution in [0.5, 0.6) is 0 Å². The number of anilines is 2. The number of aromatic nitrogens is 4. The molecule has 0 bridgehead atoms. The van der Waals surface area contributed by atoms with Gasteiger partial charge in [-0.2, -0.15) is 5.10 Å². The summed E-state index contributed by atoms with van der Waals surface area (Å²) in [6.45, 7) is 6.75. The van der Waals surface area contributed by atoms with E-state index in [2.05, 4.69) is 31.0 Å². The van der Waals surface area contributed by atoms with Gasteiger partial charge in [-0.1, -0.05) is 30.3 Å². The van der Waals surface area contributed by atoms with Crippen molar-refractivity contribution in [1.29, 1.82) is 0 Å². The third kappa shape index (κ3) is 4.98. The minimum absolute atomic E-state index is 0.251. The normalized spacial score (nSPS) is 10.8. The molecule has 158 valence electrons. The predicted octanol–water partition coefficient (Wildman–Crippen LogP) is 3.97. The van der Waals surface area contributed by atoms with Gasteiger partial charge in [0, 0.05) is 30.5 Å². The van der Waals surface area contributed by atoms with Crippen LogP contribution in [0.2, 0.25) is 0 Å². The smallest absolute Gasteiger partial charge is 0.319 e. The fourth-order valence-corrected chi connectivity index (χ4v) is 3.42. The quantitative estimate of drug-likeness (QED) is 0.414. The van der Waals surface area contributed by atoms with Crippen molar-refractivity contribution in [3.63, 3.8) is 0 Å². The van der Waals surface area contributed by atoms with E-state index < -0.39 is 0 Å². The molecule has 0 saturated carbocycles. The van der Waals surface area contributed by atoms with E-state index in [0.29, 0.717) is 30.5 Å². The third-order valence-electron chi connectivity index (χ3n) is 4.78. The molecule has 0 spiro atoms. The van der Waals surface area contributed by atoms with Crippen LogP contribution in [-0.2, 0) is 0 Å². The Morgan fingerprint density at radius 1 is 0.935 bits per heavy atom. The van der Waals surface area contributed by atoms with Crippen LogP contribution in [0.1, 0.15) is 17.2 Å². The molecule has 4 aromatic rings. The fourth-order valence-electron chi connectivity index (χ4n) is 3.42. The van der Waals surface area contributed by atoms with Crippen molar-refractivity contribution in [3.8, 4) is 5.82 Å². The molecule has 0 atom stereocenters. The van der Waals surface area contributed by atoms with Crippen LogP contribution in [-0.4, -0.2) is 38.9 Å². The average Bonchev–Trinajstić information content (AvgIpc) is 3.09. The van der Waals surface area contributed by atoms with Gasteiger partial charge in [-0.15, -0.1) is 0 Å². The maximum atomic E-state index is 12.2. The van der Waals surface area contributed by atoms with Crippen molar-refractivity contribution >= 4 is 28.3 Å². The summed E-state index contributed by atoms with van der Waals surface area (Å²) < 4.78 is 1.80. The molecular weight excluding hydrogens is 390 g/mol. The summed E-state index contributed by atoms with van der Waals surface area (Å²) in [7, 11) is 0. The molecule has 2 heterocycles. The van der Waals surface area contributed by atoms with Crippen molar-refractivity contribution in [1.82, 2.24) is 25.1 Å². The summed E-state index contributed by atoms with van der Waals surface area (Å²) >= 11 is 0. The Morgan fingerprint density at radius 2 is 1.74 bits per heavy atom. The highest BCUT2D eigenvalue weighted by Crippen LogP contribution is 2.18. The van der Waals surface area contributed by atoms with E-state index in [1.165, 1.54) is 0 Å². The lowest BCUT2D eigenvalue weighted by molar-refractivity contribution is 0.252. The third-order valence-corrected chi connectivity index (χ3v) is 4.78. The number of aryl methyl sites for hydroxylation is 3. The van der Waals surface area contributed by atoms with E-state index in [9.17, 15) is 4.79 Å². The summed E-state index contributed by atoms with van der Waals surface area (Å²) in [5.41, 5.74) is 2.70. The monoisotopic (exact) mass is 415 g/mol. The van der Waals surface area contributed by atoms with Crippen LogP contribution in [0.15, 0.2) is 54.6 Å². The minimum Gasteiger partial charge on any atom is -0.368 e. The van der Waals surface area contributed by atoms with E-state index in [-0.39, 0.29) is 6.03 Å². The molecule has 0 radical (unpaired) electrons. The molecule has 2 amide bonds. The molecule has 4 rings (SSSR count). The van der Waals surface area contributed by atoms with Gasteiger partial charge >= 0.3 is 6.03 Å². The molecule has 2 aromatic carbocycles. The number of rotatable bonds is 6. The molecule has 31 heavy (non-hydrogen) atoms. The van der Waals surface area contributed by atoms with Crippen LogP contribution >= 0.6 is 0 Å². The highest BCUT2D eigenvalue weighted by molar-refractivity contribution is 5.93. The zero-order chi connectivity index (χ0) is 21.8. The van der Waals surface area contributed by atoms with Gasteiger partial charge in [0.25, 0.3) is 0 Å². The van der Waals surface area contributed by atoms with Crippen molar-refractivity contribution in [2.45, 2.75) is 20.8 Å². The summed E-state index contributed by atoms with van der Waals surface area (Å²) in [5, 5.41) is 15.6. The zero-order valence-corrected chi connectivity index (χ0v) is 17.8. The zero-order valence-electron chi connectivity index (χ0n) is 17.8. The summed E-state index contributed by atoms with van der Waals surface area (Å²) in [4.78, 5) is 21.1. The maximum absolute atomic E-state index is 12.2. The number of carbonyl (C=O) groups excluding carboxylic acids is 1. The van der Waals surface area contributed by atoms with Crippen molar-refractivity contribution in [2.24, 2.45) is 0 Å². The number of amides is 2. The van der Waals surface area contributed by atoms with Gasteiger partial charge in [0.15, 0.2) is 5.82 Å². The van der Waals surface area contributed by atoms with Gasteiger partial charge in [-0.3, -0.25) is 0 Å². The van der Waals surface area contributed by atoms with Gasteiger partial charge in [0.2, 0.25) is 0 Å². The lowest BCUT2D eigenvalue weighted by Gasteiger charge is -2.11. The average molecular weight is 416 g/mol. The van der Waals surface area contributed by atoms with Crippen LogP contribution < -0.4 is 16.0 Å². The first kappa shape index (κ1) is 20.3. The molecule has 8 heteroatoms.